The molecule has 0 spiro atoms. The van der Waals surface area contributed by atoms with Crippen LogP contribution in [0.5, 0.6) is 11.5 Å². The summed E-state index contributed by atoms with van der Waals surface area (Å²) < 4.78 is 12.0. The van der Waals surface area contributed by atoms with Gasteiger partial charge in [-0.1, -0.05) is 78.0 Å². The predicted molar refractivity (Wildman–Crippen MR) is 140 cm³/mol. The number of anilines is 1. The van der Waals surface area contributed by atoms with Gasteiger partial charge in [-0.3, -0.25) is 9.69 Å². The van der Waals surface area contributed by atoms with Crippen molar-refractivity contribution in [3.63, 3.8) is 0 Å². The summed E-state index contributed by atoms with van der Waals surface area (Å²) in [6, 6.07) is 19.0. The van der Waals surface area contributed by atoms with E-state index in [9.17, 15) is 4.79 Å². The molecule has 168 valence electrons. The molecule has 0 bridgehead atoms. The largest absolute Gasteiger partial charge is 0.493 e. The van der Waals surface area contributed by atoms with E-state index in [1.807, 2.05) is 80.6 Å². The Morgan fingerprint density at radius 1 is 1.03 bits per heavy atom. The van der Waals surface area contributed by atoms with E-state index in [-0.39, 0.29) is 5.91 Å². The van der Waals surface area contributed by atoms with Crippen molar-refractivity contribution in [1.82, 2.24) is 0 Å². The molecule has 0 aromatic heterocycles. The fraction of sp³-hybridized carbons (Fsp3) is 0.154. The van der Waals surface area contributed by atoms with Gasteiger partial charge in [-0.05, 0) is 54.8 Å². The first-order valence-electron chi connectivity index (χ1n) is 10.3. The minimum atomic E-state index is -0.125. The van der Waals surface area contributed by atoms with E-state index in [0.717, 1.165) is 27.9 Å². The number of hydrogen-bond acceptors (Lipinski definition) is 5. The highest BCUT2D eigenvalue weighted by Crippen LogP contribution is 2.39. The summed E-state index contributed by atoms with van der Waals surface area (Å²) in [6.07, 6.45) is 1.83. The summed E-state index contributed by atoms with van der Waals surface area (Å²) >= 11 is 13.1. The number of aryl methyl sites for hydroxylation is 2. The molecule has 0 atom stereocenters. The number of benzene rings is 3. The quantitative estimate of drug-likeness (QED) is 0.273. The molecule has 0 aliphatic carbocycles. The van der Waals surface area contributed by atoms with Crippen LogP contribution in [0.2, 0.25) is 5.02 Å². The normalized spacial score (nSPS) is 14.8. The molecule has 1 saturated heterocycles. The smallest absolute Gasteiger partial charge is 0.270 e. The van der Waals surface area contributed by atoms with Crippen LogP contribution in [0.1, 0.15) is 22.3 Å². The Balaban J connectivity index is 1.57. The van der Waals surface area contributed by atoms with E-state index >= 15 is 0 Å². The number of hydrogen-bond donors (Lipinski definition) is 0. The number of nitrogens with zero attached hydrogens (tertiary/aromatic N) is 1. The predicted octanol–water partition coefficient (Wildman–Crippen LogP) is 6.95. The number of para-hydroxylation sites is 1. The zero-order chi connectivity index (χ0) is 23.5. The lowest BCUT2D eigenvalue weighted by Crippen LogP contribution is -2.29. The van der Waals surface area contributed by atoms with E-state index in [4.69, 9.17) is 33.3 Å². The third-order valence-corrected chi connectivity index (χ3v) is 6.95. The van der Waals surface area contributed by atoms with Gasteiger partial charge in [0.25, 0.3) is 5.91 Å². The number of carbonyl (C=O) groups excluding carboxylic acids is 1. The van der Waals surface area contributed by atoms with Crippen LogP contribution in [0, 0.1) is 13.8 Å². The van der Waals surface area contributed by atoms with Gasteiger partial charge < -0.3 is 9.47 Å². The number of thioether (sulfide) groups is 1. The molecule has 0 N–H and O–H groups in total. The maximum absolute atomic E-state index is 13.2. The van der Waals surface area contributed by atoms with Crippen molar-refractivity contribution in [2.24, 2.45) is 0 Å². The second kappa shape index (κ2) is 10.00. The molecule has 1 aliphatic rings. The highest BCUT2D eigenvalue weighted by Gasteiger charge is 2.34. The van der Waals surface area contributed by atoms with E-state index in [1.54, 1.807) is 12.0 Å². The summed E-state index contributed by atoms with van der Waals surface area (Å²) in [6.45, 7) is 4.29. The Bertz CT molecular complexity index is 1250. The summed E-state index contributed by atoms with van der Waals surface area (Å²) in [7, 11) is 1.59. The lowest BCUT2D eigenvalue weighted by Gasteiger charge is -2.19. The molecule has 0 radical (unpaired) electrons. The standard InChI is InChI=1S/C26H22ClNO3S2/c1-16-7-6-8-17(2)24(16)28-25(29)23(33-26(28)32)14-18-11-12-21(22(13-18)30-3)31-15-19-9-4-5-10-20(19)27/h4-14H,15H2,1-3H3/b23-14-. The number of amides is 1. The monoisotopic (exact) mass is 495 g/mol. The summed E-state index contributed by atoms with van der Waals surface area (Å²) in [5.41, 5.74) is 4.58. The average molecular weight is 496 g/mol. The summed E-state index contributed by atoms with van der Waals surface area (Å²) in [4.78, 5) is 15.4. The second-order valence-electron chi connectivity index (χ2n) is 7.55. The molecule has 0 saturated carbocycles. The Labute approximate surface area is 208 Å². The lowest BCUT2D eigenvalue weighted by atomic mass is 10.1. The summed E-state index contributed by atoms with van der Waals surface area (Å²) in [5.74, 6) is 1.04. The first-order valence-corrected chi connectivity index (χ1v) is 11.9. The Morgan fingerprint density at radius 3 is 2.45 bits per heavy atom. The van der Waals surface area contributed by atoms with E-state index in [2.05, 4.69) is 0 Å². The molecule has 3 aromatic carbocycles. The number of ether oxygens (including phenoxy) is 2. The highest BCUT2D eigenvalue weighted by atomic mass is 35.5. The first kappa shape index (κ1) is 23.4. The SMILES string of the molecule is COc1cc(/C=C2\SC(=S)N(c3c(C)cccc3C)C2=O)ccc1OCc1ccccc1Cl. The van der Waals surface area contributed by atoms with Crippen molar-refractivity contribution >= 4 is 57.6 Å². The third kappa shape index (κ3) is 4.93. The van der Waals surface area contributed by atoms with Gasteiger partial charge in [-0.2, -0.15) is 0 Å². The van der Waals surface area contributed by atoms with Gasteiger partial charge >= 0.3 is 0 Å². The Morgan fingerprint density at radius 2 is 1.76 bits per heavy atom. The van der Waals surface area contributed by atoms with Crippen molar-refractivity contribution in [2.45, 2.75) is 20.5 Å². The number of thiocarbonyl (C=S) groups is 1. The van der Waals surface area contributed by atoms with Crippen molar-refractivity contribution in [2.75, 3.05) is 12.0 Å². The Kier molecular flexibility index (Phi) is 7.08. The van der Waals surface area contributed by atoms with Gasteiger partial charge in [0, 0.05) is 10.6 Å². The first-order chi connectivity index (χ1) is 15.9. The van der Waals surface area contributed by atoms with Crippen molar-refractivity contribution in [3.05, 3.63) is 92.8 Å². The number of carbonyl (C=O) groups is 1. The number of halogens is 1. The van der Waals surface area contributed by atoms with Gasteiger partial charge in [0.1, 0.15) is 6.61 Å². The molecule has 33 heavy (non-hydrogen) atoms. The van der Waals surface area contributed by atoms with Crippen molar-refractivity contribution in [3.8, 4) is 11.5 Å². The molecule has 0 unspecified atom stereocenters. The fourth-order valence-corrected chi connectivity index (χ4v) is 5.10. The lowest BCUT2D eigenvalue weighted by molar-refractivity contribution is -0.113. The molecule has 1 amide bonds. The minimum Gasteiger partial charge on any atom is -0.493 e. The molecule has 3 aromatic rings. The minimum absolute atomic E-state index is 0.125. The molecule has 7 heteroatoms. The maximum Gasteiger partial charge on any atom is 0.270 e. The number of rotatable bonds is 6. The molecule has 1 aliphatic heterocycles. The number of methoxy groups -OCH3 is 1. The molecule has 1 fully saturated rings. The van der Waals surface area contributed by atoms with Gasteiger partial charge in [0.15, 0.2) is 15.8 Å². The van der Waals surface area contributed by atoms with E-state index in [0.29, 0.717) is 32.4 Å². The van der Waals surface area contributed by atoms with Crippen LogP contribution in [0.25, 0.3) is 6.08 Å². The molecular weight excluding hydrogens is 474 g/mol. The van der Waals surface area contributed by atoms with E-state index in [1.165, 1.54) is 11.8 Å². The van der Waals surface area contributed by atoms with Crippen LogP contribution >= 0.6 is 35.6 Å². The Hall–Kier alpha value is -2.80. The van der Waals surface area contributed by atoms with Gasteiger partial charge in [-0.15, -0.1) is 0 Å². The van der Waals surface area contributed by atoms with Crippen LogP contribution in [0.15, 0.2) is 65.6 Å². The van der Waals surface area contributed by atoms with Crippen LogP contribution in [0.3, 0.4) is 0 Å². The van der Waals surface area contributed by atoms with E-state index < -0.39 is 0 Å². The average Bonchev–Trinajstić information content (AvgIpc) is 3.06. The highest BCUT2D eigenvalue weighted by molar-refractivity contribution is 8.27. The van der Waals surface area contributed by atoms with Gasteiger partial charge in [0.2, 0.25) is 0 Å². The summed E-state index contributed by atoms with van der Waals surface area (Å²) in [5, 5.41) is 0.652. The zero-order valence-electron chi connectivity index (χ0n) is 18.4. The molecule has 4 rings (SSSR count). The fourth-order valence-electron chi connectivity index (χ4n) is 3.63. The topological polar surface area (TPSA) is 38.8 Å². The molecule has 1 heterocycles. The second-order valence-corrected chi connectivity index (χ2v) is 9.63. The van der Waals surface area contributed by atoms with Gasteiger partial charge in [0.05, 0.1) is 17.7 Å². The zero-order valence-corrected chi connectivity index (χ0v) is 20.8. The van der Waals surface area contributed by atoms with Crippen LogP contribution < -0.4 is 14.4 Å². The van der Waals surface area contributed by atoms with Crippen LogP contribution in [-0.4, -0.2) is 17.3 Å². The van der Waals surface area contributed by atoms with Gasteiger partial charge in [-0.25, -0.2) is 0 Å². The van der Waals surface area contributed by atoms with Crippen molar-refractivity contribution in [1.29, 1.82) is 0 Å². The maximum atomic E-state index is 13.2. The molecule has 4 nitrogen and oxygen atoms in total. The van der Waals surface area contributed by atoms with Crippen molar-refractivity contribution < 1.29 is 14.3 Å². The molecular formula is C26H22ClNO3S2. The van der Waals surface area contributed by atoms with Crippen LogP contribution in [-0.2, 0) is 11.4 Å². The van der Waals surface area contributed by atoms with Crippen LogP contribution in [0.4, 0.5) is 5.69 Å². The third-order valence-electron chi connectivity index (χ3n) is 5.28.